The number of nitrogens with one attached hydrogen (secondary N) is 3. The zero-order chi connectivity index (χ0) is 22.2. The average Bonchev–Trinajstić information content (AvgIpc) is 3.18. The van der Waals surface area contributed by atoms with Crippen LogP contribution in [-0.2, 0) is 6.42 Å². The SMILES string of the molecule is CCNC(=NCC(O)c1cc(OC)cc(OC)c1)NCCc1c[nH]c2ccc(F)cc12.I. The van der Waals surface area contributed by atoms with E-state index in [1.165, 1.54) is 6.07 Å². The molecule has 3 rings (SSSR count). The normalized spacial score (nSPS) is 12.2. The summed E-state index contributed by atoms with van der Waals surface area (Å²) < 4.78 is 24.1. The maximum Gasteiger partial charge on any atom is 0.191 e. The summed E-state index contributed by atoms with van der Waals surface area (Å²) in [5.41, 5.74) is 2.60. The Kier molecular flexibility index (Phi) is 10.0. The van der Waals surface area contributed by atoms with Crippen LogP contribution in [-0.4, -0.2) is 49.9 Å². The van der Waals surface area contributed by atoms with Crippen LogP contribution in [0.2, 0.25) is 0 Å². The highest BCUT2D eigenvalue weighted by Crippen LogP contribution is 2.26. The molecule has 0 bridgehead atoms. The van der Waals surface area contributed by atoms with E-state index in [4.69, 9.17) is 9.47 Å². The summed E-state index contributed by atoms with van der Waals surface area (Å²) in [5.74, 6) is 1.57. The maximum absolute atomic E-state index is 13.6. The molecule has 0 aliphatic rings. The fourth-order valence-electron chi connectivity index (χ4n) is 3.32. The minimum atomic E-state index is -0.809. The number of aliphatic hydroxyl groups excluding tert-OH is 1. The van der Waals surface area contributed by atoms with Crippen molar-refractivity contribution >= 4 is 40.8 Å². The number of methoxy groups -OCH3 is 2. The lowest BCUT2D eigenvalue weighted by Gasteiger charge is -2.15. The van der Waals surface area contributed by atoms with E-state index in [0.29, 0.717) is 42.5 Å². The van der Waals surface area contributed by atoms with Gasteiger partial charge in [0.25, 0.3) is 0 Å². The van der Waals surface area contributed by atoms with Crippen molar-refractivity contribution in [2.45, 2.75) is 19.4 Å². The van der Waals surface area contributed by atoms with Gasteiger partial charge in [-0.15, -0.1) is 24.0 Å². The summed E-state index contributed by atoms with van der Waals surface area (Å²) >= 11 is 0. The van der Waals surface area contributed by atoms with Gasteiger partial charge in [0, 0.05) is 36.3 Å². The molecule has 0 spiro atoms. The van der Waals surface area contributed by atoms with Crippen LogP contribution in [0.15, 0.2) is 47.6 Å². The number of aromatic amines is 1. The second kappa shape index (κ2) is 12.5. The summed E-state index contributed by atoms with van der Waals surface area (Å²) in [5, 5.41) is 17.9. The number of hydrogen-bond donors (Lipinski definition) is 4. The van der Waals surface area contributed by atoms with E-state index in [1.807, 2.05) is 13.1 Å². The molecular formula is C23H30FIN4O3. The van der Waals surface area contributed by atoms with E-state index in [1.54, 1.807) is 44.6 Å². The standard InChI is InChI=1S/C23H29FN4O3.HI/c1-4-25-23(26-8-7-15-13-27-21-6-5-17(24)11-20(15)21)28-14-22(29)16-9-18(30-2)12-19(10-16)31-3;/h5-6,9-13,22,27,29H,4,7-8,14H2,1-3H3,(H2,25,26,28);1H. The van der Waals surface area contributed by atoms with Crippen molar-refractivity contribution in [3.63, 3.8) is 0 Å². The highest BCUT2D eigenvalue weighted by molar-refractivity contribution is 14.0. The first-order valence-electron chi connectivity index (χ1n) is 10.2. The van der Waals surface area contributed by atoms with E-state index in [-0.39, 0.29) is 36.3 Å². The molecule has 0 aliphatic heterocycles. The Morgan fingerprint density at radius 1 is 1.12 bits per heavy atom. The third kappa shape index (κ3) is 6.73. The minimum absolute atomic E-state index is 0. The van der Waals surface area contributed by atoms with Gasteiger partial charge in [-0.3, -0.25) is 4.99 Å². The molecule has 7 nitrogen and oxygen atoms in total. The van der Waals surface area contributed by atoms with E-state index in [2.05, 4.69) is 20.6 Å². The zero-order valence-electron chi connectivity index (χ0n) is 18.4. The van der Waals surface area contributed by atoms with Gasteiger partial charge in [-0.1, -0.05) is 0 Å². The van der Waals surface area contributed by atoms with Crippen LogP contribution in [0, 0.1) is 5.82 Å². The number of aliphatic hydroxyl groups is 1. The zero-order valence-corrected chi connectivity index (χ0v) is 20.8. The lowest BCUT2D eigenvalue weighted by Crippen LogP contribution is -2.38. The molecule has 4 N–H and O–H groups in total. The minimum Gasteiger partial charge on any atom is -0.497 e. The maximum atomic E-state index is 13.6. The number of aliphatic imine (C=N–C) groups is 1. The lowest BCUT2D eigenvalue weighted by atomic mass is 10.1. The molecule has 0 aliphatic carbocycles. The van der Waals surface area contributed by atoms with E-state index in [9.17, 15) is 9.50 Å². The van der Waals surface area contributed by atoms with E-state index >= 15 is 0 Å². The molecule has 1 atom stereocenters. The quantitative estimate of drug-likeness (QED) is 0.183. The topological polar surface area (TPSA) is 90.9 Å². The Labute approximate surface area is 204 Å². The number of rotatable bonds is 9. The fourth-order valence-corrected chi connectivity index (χ4v) is 3.32. The average molecular weight is 556 g/mol. The van der Waals surface area contributed by atoms with Crippen LogP contribution in [0.3, 0.4) is 0 Å². The van der Waals surface area contributed by atoms with Gasteiger partial charge in [-0.05, 0) is 54.8 Å². The number of nitrogens with zero attached hydrogens (tertiary/aromatic N) is 1. The molecule has 0 radical (unpaired) electrons. The van der Waals surface area contributed by atoms with Gasteiger partial charge in [0.05, 0.1) is 26.9 Å². The molecule has 9 heteroatoms. The molecule has 0 saturated carbocycles. The van der Waals surface area contributed by atoms with Crippen LogP contribution >= 0.6 is 24.0 Å². The number of ether oxygens (including phenoxy) is 2. The first kappa shape index (κ1) is 25.7. The Balaban J connectivity index is 0.00000363. The molecule has 32 heavy (non-hydrogen) atoms. The third-order valence-corrected chi connectivity index (χ3v) is 4.94. The lowest BCUT2D eigenvalue weighted by molar-refractivity contribution is 0.186. The highest BCUT2D eigenvalue weighted by atomic mass is 127. The van der Waals surface area contributed by atoms with Gasteiger partial charge in [0.2, 0.25) is 0 Å². The van der Waals surface area contributed by atoms with E-state index in [0.717, 1.165) is 16.5 Å². The van der Waals surface area contributed by atoms with Gasteiger partial charge in [-0.25, -0.2) is 4.39 Å². The first-order chi connectivity index (χ1) is 15.0. The van der Waals surface area contributed by atoms with Crippen LogP contribution in [0.1, 0.15) is 24.2 Å². The molecule has 174 valence electrons. The Bertz CT molecular complexity index is 1020. The van der Waals surface area contributed by atoms with Gasteiger partial charge in [0.15, 0.2) is 5.96 Å². The Morgan fingerprint density at radius 2 is 1.84 bits per heavy atom. The summed E-state index contributed by atoms with van der Waals surface area (Å²) in [6.07, 6.45) is 1.79. The van der Waals surface area contributed by atoms with Gasteiger partial charge in [0.1, 0.15) is 17.3 Å². The summed E-state index contributed by atoms with van der Waals surface area (Å²) in [6, 6.07) is 10.0. The van der Waals surface area contributed by atoms with Crippen LogP contribution in [0.4, 0.5) is 4.39 Å². The highest BCUT2D eigenvalue weighted by Gasteiger charge is 2.12. The number of H-pyrrole nitrogens is 1. The predicted molar refractivity (Wildman–Crippen MR) is 136 cm³/mol. The Hall–Kier alpha value is -2.53. The van der Waals surface area contributed by atoms with Crippen LogP contribution in [0.5, 0.6) is 11.5 Å². The van der Waals surface area contributed by atoms with Gasteiger partial charge >= 0.3 is 0 Å². The van der Waals surface area contributed by atoms with Crippen LogP contribution in [0.25, 0.3) is 10.9 Å². The van der Waals surface area contributed by atoms with Crippen LogP contribution < -0.4 is 20.1 Å². The molecule has 0 fully saturated rings. The molecule has 1 aromatic heterocycles. The number of guanidine groups is 1. The third-order valence-electron chi connectivity index (χ3n) is 4.94. The van der Waals surface area contributed by atoms with Crippen molar-refractivity contribution < 1.29 is 19.0 Å². The van der Waals surface area contributed by atoms with Gasteiger partial charge in [-0.2, -0.15) is 0 Å². The molecule has 0 amide bonds. The van der Waals surface area contributed by atoms with Gasteiger partial charge < -0.3 is 30.2 Å². The summed E-state index contributed by atoms with van der Waals surface area (Å²) in [4.78, 5) is 7.65. The number of hydrogen-bond acceptors (Lipinski definition) is 4. The largest absolute Gasteiger partial charge is 0.497 e. The number of benzene rings is 2. The van der Waals surface area contributed by atoms with Crippen molar-refractivity contribution in [3.05, 3.63) is 59.5 Å². The molecule has 3 aromatic rings. The predicted octanol–water partition coefficient (Wildman–Crippen LogP) is 3.77. The molecule has 1 unspecified atom stereocenters. The van der Waals surface area contributed by atoms with Crippen molar-refractivity contribution in [2.75, 3.05) is 33.9 Å². The molecule has 2 aromatic carbocycles. The van der Waals surface area contributed by atoms with Crippen molar-refractivity contribution in [1.29, 1.82) is 0 Å². The fraction of sp³-hybridized carbons (Fsp3) is 0.348. The molecule has 0 saturated heterocycles. The van der Waals surface area contributed by atoms with Crippen molar-refractivity contribution in [2.24, 2.45) is 4.99 Å². The van der Waals surface area contributed by atoms with Crippen molar-refractivity contribution in [3.8, 4) is 11.5 Å². The van der Waals surface area contributed by atoms with Crippen molar-refractivity contribution in [1.82, 2.24) is 15.6 Å². The Morgan fingerprint density at radius 3 is 2.50 bits per heavy atom. The van der Waals surface area contributed by atoms with E-state index < -0.39 is 6.10 Å². The number of fused-ring (bicyclic) bond motifs is 1. The molecule has 1 heterocycles. The first-order valence-corrected chi connectivity index (χ1v) is 10.2. The smallest absolute Gasteiger partial charge is 0.191 e. The summed E-state index contributed by atoms with van der Waals surface area (Å²) in [6.45, 7) is 3.44. The monoisotopic (exact) mass is 556 g/mol. The number of halogens is 2. The second-order valence-corrected chi connectivity index (χ2v) is 7.06. The second-order valence-electron chi connectivity index (χ2n) is 7.06. The number of aromatic nitrogens is 1. The molecular weight excluding hydrogens is 526 g/mol. The summed E-state index contributed by atoms with van der Waals surface area (Å²) in [7, 11) is 3.14.